The van der Waals surface area contributed by atoms with Gasteiger partial charge in [-0.05, 0) is 49.4 Å². The first-order valence-electron chi connectivity index (χ1n) is 6.95. The summed E-state index contributed by atoms with van der Waals surface area (Å²) < 4.78 is 5.60. The third-order valence-corrected chi connectivity index (χ3v) is 4.27. The number of hydrogen-bond acceptors (Lipinski definition) is 2. The molecular weight excluding hydrogens is 281 g/mol. The highest BCUT2D eigenvalue weighted by Gasteiger charge is 2.24. The van der Waals surface area contributed by atoms with Gasteiger partial charge in [0.2, 0.25) is 0 Å². The topological polar surface area (TPSA) is 21.3 Å². The van der Waals surface area contributed by atoms with Crippen LogP contribution in [0.15, 0.2) is 18.2 Å². The van der Waals surface area contributed by atoms with E-state index in [0.717, 1.165) is 43.2 Å². The molecule has 0 amide bonds. The monoisotopic (exact) mass is 301 g/mol. The Balaban J connectivity index is 2.06. The van der Waals surface area contributed by atoms with Crippen molar-refractivity contribution in [1.29, 1.82) is 0 Å². The van der Waals surface area contributed by atoms with Crippen molar-refractivity contribution in [2.75, 3.05) is 19.8 Å². The van der Waals surface area contributed by atoms with E-state index in [9.17, 15) is 0 Å². The van der Waals surface area contributed by atoms with Crippen molar-refractivity contribution in [3.05, 3.63) is 33.8 Å². The molecule has 1 aliphatic heterocycles. The molecule has 1 fully saturated rings. The van der Waals surface area contributed by atoms with Gasteiger partial charge in [0.1, 0.15) is 0 Å². The molecule has 2 atom stereocenters. The second-order valence-electron chi connectivity index (χ2n) is 5.08. The maximum absolute atomic E-state index is 6.27. The summed E-state index contributed by atoms with van der Waals surface area (Å²) in [6.07, 6.45) is 3.31. The van der Waals surface area contributed by atoms with Gasteiger partial charge in [0.05, 0.1) is 6.61 Å². The summed E-state index contributed by atoms with van der Waals surface area (Å²) in [6.45, 7) is 4.85. The lowest BCUT2D eigenvalue weighted by atomic mass is 9.89. The van der Waals surface area contributed by atoms with Crippen LogP contribution in [0.2, 0.25) is 10.0 Å². The molecule has 1 heterocycles. The van der Waals surface area contributed by atoms with Crippen LogP contribution in [0.5, 0.6) is 0 Å². The zero-order valence-corrected chi connectivity index (χ0v) is 12.8. The van der Waals surface area contributed by atoms with Crippen LogP contribution in [-0.2, 0) is 11.2 Å². The number of ether oxygens (including phenoxy) is 1. The van der Waals surface area contributed by atoms with Crippen LogP contribution in [0.1, 0.15) is 25.3 Å². The van der Waals surface area contributed by atoms with Gasteiger partial charge in [0.15, 0.2) is 0 Å². The van der Waals surface area contributed by atoms with E-state index in [4.69, 9.17) is 27.9 Å². The van der Waals surface area contributed by atoms with Crippen molar-refractivity contribution < 1.29 is 4.74 Å². The predicted molar refractivity (Wildman–Crippen MR) is 81.2 cm³/mol. The molecule has 2 rings (SSSR count). The van der Waals surface area contributed by atoms with E-state index in [1.54, 1.807) is 0 Å². The Bertz CT molecular complexity index is 405. The second kappa shape index (κ2) is 7.49. The highest BCUT2D eigenvalue weighted by molar-refractivity contribution is 6.35. The Kier molecular flexibility index (Phi) is 5.96. The van der Waals surface area contributed by atoms with Crippen molar-refractivity contribution in [2.45, 2.75) is 32.2 Å². The first kappa shape index (κ1) is 15.1. The van der Waals surface area contributed by atoms with Crippen LogP contribution in [0.4, 0.5) is 0 Å². The molecule has 2 unspecified atom stereocenters. The molecule has 1 saturated heterocycles. The van der Waals surface area contributed by atoms with Gasteiger partial charge in [0, 0.05) is 22.7 Å². The minimum Gasteiger partial charge on any atom is -0.381 e. The molecule has 1 N–H and O–H groups in total. The highest BCUT2D eigenvalue weighted by Crippen LogP contribution is 2.26. The SMILES string of the molecule is CCNC(Cc1ccc(Cl)cc1Cl)C1CCCOC1. The summed E-state index contributed by atoms with van der Waals surface area (Å²) >= 11 is 12.2. The number of likely N-dealkylation sites (N-methyl/N-ethyl adjacent to an activating group) is 1. The fourth-order valence-electron chi connectivity index (χ4n) is 2.67. The maximum atomic E-state index is 6.27. The van der Waals surface area contributed by atoms with Crippen LogP contribution in [-0.4, -0.2) is 25.8 Å². The van der Waals surface area contributed by atoms with Gasteiger partial charge < -0.3 is 10.1 Å². The lowest BCUT2D eigenvalue weighted by Crippen LogP contribution is -2.41. The van der Waals surface area contributed by atoms with E-state index in [0.29, 0.717) is 17.0 Å². The van der Waals surface area contributed by atoms with Gasteiger partial charge in [-0.3, -0.25) is 0 Å². The number of nitrogens with one attached hydrogen (secondary N) is 1. The van der Waals surface area contributed by atoms with Crippen LogP contribution in [0.25, 0.3) is 0 Å². The van der Waals surface area contributed by atoms with E-state index >= 15 is 0 Å². The highest BCUT2D eigenvalue weighted by atomic mass is 35.5. The Morgan fingerprint density at radius 3 is 2.89 bits per heavy atom. The van der Waals surface area contributed by atoms with Crippen molar-refractivity contribution in [3.63, 3.8) is 0 Å². The van der Waals surface area contributed by atoms with Gasteiger partial charge >= 0.3 is 0 Å². The largest absolute Gasteiger partial charge is 0.381 e. The quantitative estimate of drug-likeness (QED) is 0.889. The smallest absolute Gasteiger partial charge is 0.0509 e. The molecule has 1 aliphatic rings. The molecule has 1 aromatic rings. The van der Waals surface area contributed by atoms with Crippen molar-refractivity contribution in [2.24, 2.45) is 5.92 Å². The standard InChI is InChI=1S/C15H21Cl2NO/c1-2-18-15(12-4-3-7-19-10-12)8-11-5-6-13(16)9-14(11)17/h5-6,9,12,15,18H,2-4,7-8,10H2,1H3. The zero-order valence-electron chi connectivity index (χ0n) is 11.3. The van der Waals surface area contributed by atoms with E-state index in [2.05, 4.69) is 12.2 Å². The third kappa shape index (κ3) is 4.35. The fourth-order valence-corrected chi connectivity index (χ4v) is 3.16. The average Bonchev–Trinajstić information content (AvgIpc) is 2.42. The number of hydrogen-bond donors (Lipinski definition) is 1. The molecule has 19 heavy (non-hydrogen) atoms. The van der Waals surface area contributed by atoms with Gasteiger partial charge in [-0.1, -0.05) is 36.2 Å². The number of rotatable bonds is 5. The normalized spacial score (nSPS) is 21.3. The van der Waals surface area contributed by atoms with Crippen LogP contribution in [0.3, 0.4) is 0 Å². The molecule has 0 saturated carbocycles. The van der Waals surface area contributed by atoms with Gasteiger partial charge in [-0.2, -0.15) is 0 Å². The number of halogens is 2. The van der Waals surface area contributed by atoms with E-state index in [-0.39, 0.29) is 0 Å². The number of benzene rings is 1. The Hall–Kier alpha value is -0.280. The molecule has 106 valence electrons. The molecule has 0 bridgehead atoms. The lowest BCUT2D eigenvalue weighted by Gasteiger charge is -2.31. The average molecular weight is 302 g/mol. The van der Waals surface area contributed by atoms with E-state index in [1.165, 1.54) is 6.42 Å². The fraction of sp³-hybridized carbons (Fsp3) is 0.600. The summed E-state index contributed by atoms with van der Waals surface area (Å²) in [5, 5.41) is 5.02. The zero-order chi connectivity index (χ0) is 13.7. The van der Waals surface area contributed by atoms with Crippen LogP contribution >= 0.6 is 23.2 Å². The van der Waals surface area contributed by atoms with E-state index in [1.807, 2.05) is 18.2 Å². The summed E-state index contributed by atoms with van der Waals surface area (Å²) in [5.74, 6) is 0.570. The van der Waals surface area contributed by atoms with Crippen LogP contribution < -0.4 is 5.32 Å². The molecule has 0 radical (unpaired) electrons. The van der Waals surface area contributed by atoms with Crippen molar-refractivity contribution >= 4 is 23.2 Å². The summed E-state index contributed by atoms with van der Waals surface area (Å²) in [7, 11) is 0. The van der Waals surface area contributed by atoms with Crippen LogP contribution in [0, 0.1) is 5.92 Å². The Morgan fingerprint density at radius 1 is 1.42 bits per heavy atom. The van der Waals surface area contributed by atoms with Crippen molar-refractivity contribution in [3.8, 4) is 0 Å². The lowest BCUT2D eigenvalue weighted by molar-refractivity contribution is 0.0396. The molecule has 1 aromatic carbocycles. The summed E-state index contributed by atoms with van der Waals surface area (Å²) in [4.78, 5) is 0. The van der Waals surface area contributed by atoms with E-state index < -0.39 is 0 Å². The molecule has 4 heteroatoms. The van der Waals surface area contributed by atoms with Crippen molar-refractivity contribution in [1.82, 2.24) is 5.32 Å². The minimum atomic E-state index is 0.420. The van der Waals surface area contributed by atoms with Gasteiger partial charge in [-0.15, -0.1) is 0 Å². The molecule has 0 spiro atoms. The Labute approximate surface area is 125 Å². The Morgan fingerprint density at radius 2 is 2.26 bits per heavy atom. The maximum Gasteiger partial charge on any atom is 0.0509 e. The van der Waals surface area contributed by atoms with Gasteiger partial charge in [0.25, 0.3) is 0 Å². The van der Waals surface area contributed by atoms with Gasteiger partial charge in [-0.25, -0.2) is 0 Å². The molecule has 0 aliphatic carbocycles. The summed E-state index contributed by atoms with van der Waals surface area (Å²) in [6, 6.07) is 6.17. The predicted octanol–water partition coefficient (Wildman–Crippen LogP) is 3.94. The molecular formula is C15H21Cl2NO. The first-order valence-corrected chi connectivity index (χ1v) is 7.71. The third-order valence-electron chi connectivity index (χ3n) is 3.69. The molecule has 2 nitrogen and oxygen atoms in total. The summed E-state index contributed by atoms with van der Waals surface area (Å²) in [5.41, 5.74) is 1.16. The first-order chi connectivity index (χ1) is 9.20. The molecule has 0 aromatic heterocycles. The minimum absolute atomic E-state index is 0.420. The second-order valence-corrected chi connectivity index (χ2v) is 5.92.